The van der Waals surface area contributed by atoms with Gasteiger partial charge in [-0.15, -0.1) is 5.10 Å². The van der Waals surface area contributed by atoms with Gasteiger partial charge in [0.1, 0.15) is 11.4 Å². The standard InChI is InChI=1S/C11H11N7OS/c1-19-6-3-4-13-7(5-6)8-14-10-16-11(20-2)15-9(12)18(10)17-8/h3-5H,1-2H3,(H2,12,14,15,16,17). The Morgan fingerprint density at radius 2 is 2.15 bits per heavy atom. The van der Waals surface area contributed by atoms with Crippen molar-refractivity contribution in [3.8, 4) is 17.3 Å². The third kappa shape index (κ3) is 2.11. The molecule has 3 heterocycles. The van der Waals surface area contributed by atoms with Gasteiger partial charge < -0.3 is 10.5 Å². The maximum absolute atomic E-state index is 5.83. The second kappa shape index (κ2) is 4.93. The van der Waals surface area contributed by atoms with Crippen molar-refractivity contribution in [2.24, 2.45) is 0 Å². The quantitative estimate of drug-likeness (QED) is 0.709. The Morgan fingerprint density at radius 1 is 1.30 bits per heavy atom. The molecule has 0 aliphatic heterocycles. The molecular weight excluding hydrogens is 278 g/mol. The number of hydrogen-bond acceptors (Lipinski definition) is 8. The van der Waals surface area contributed by atoms with E-state index in [1.165, 1.54) is 16.3 Å². The molecule has 0 fully saturated rings. The molecule has 0 amide bonds. The first-order chi connectivity index (χ1) is 9.71. The number of fused-ring (bicyclic) bond motifs is 1. The third-order valence-electron chi connectivity index (χ3n) is 2.59. The fourth-order valence-electron chi connectivity index (χ4n) is 1.65. The Morgan fingerprint density at radius 3 is 2.90 bits per heavy atom. The minimum absolute atomic E-state index is 0.237. The highest BCUT2D eigenvalue weighted by atomic mass is 32.2. The van der Waals surface area contributed by atoms with Crippen LogP contribution in [0.25, 0.3) is 17.3 Å². The summed E-state index contributed by atoms with van der Waals surface area (Å²) in [5.74, 6) is 1.73. The molecule has 0 atom stereocenters. The SMILES string of the molecule is COc1ccnc(-c2nc3nc(SC)nc(N)n3n2)c1. The molecule has 3 rings (SSSR count). The zero-order valence-electron chi connectivity index (χ0n) is 10.8. The Kier molecular flexibility index (Phi) is 3.11. The van der Waals surface area contributed by atoms with Crippen LogP contribution >= 0.6 is 11.8 Å². The first kappa shape index (κ1) is 12.6. The van der Waals surface area contributed by atoms with Crippen LogP contribution in [-0.2, 0) is 0 Å². The molecule has 0 aliphatic rings. The molecule has 0 unspecified atom stereocenters. The van der Waals surface area contributed by atoms with Crippen molar-refractivity contribution in [1.82, 2.24) is 29.5 Å². The normalized spacial score (nSPS) is 10.9. The maximum Gasteiger partial charge on any atom is 0.258 e. The van der Waals surface area contributed by atoms with Gasteiger partial charge in [-0.1, -0.05) is 11.8 Å². The van der Waals surface area contributed by atoms with E-state index in [9.17, 15) is 0 Å². The van der Waals surface area contributed by atoms with Gasteiger partial charge >= 0.3 is 0 Å². The van der Waals surface area contributed by atoms with E-state index in [0.29, 0.717) is 28.2 Å². The van der Waals surface area contributed by atoms with Crippen LogP contribution in [0.4, 0.5) is 5.95 Å². The smallest absolute Gasteiger partial charge is 0.258 e. The van der Waals surface area contributed by atoms with E-state index in [0.717, 1.165) is 0 Å². The van der Waals surface area contributed by atoms with Crippen molar-refractivity contribution in [1.29, 1.82) is 0 Å². The summed E-state index contributed by atoms with van der Waals surface area (Å²) in [4.78, 5) is 16.9. The average Bonchev–Trinajstić information content (AvgIpc) is 2.92. The van der Waals surface area contributed by atoms with E-state index in [-0.39, 0.29) is 5.95 Å². The lowest BCUT2D eigenvalue weighted by molar-refractivity contribution is 0.414. The molecule has 3 aromatic rings. The Labute approximate surface area is 118 Å². The van der Waals surface area contributed by atoms with Crippen molar-refractivity contribution < 1.29 is 4.74 Å². The topological polar surface area (TPSA) is 104 Å². The molecule has 8 nitrogen and oxygen atoms in total. The van der Waals surface area contributed by atoms with E-state index in [1.54, 1.807) is 25.4 Å². The number of rotatable bonds is 3. The summed E-state index contributed by atoms with van der Waals surface area (Å²) in [6.07, 6.45) is 3.49. The number of ether oxygens (including phenoxy) is 1. The lowest BCUT2D eigenvalue weighted by atomic mass is 10.3. The van der Waals surface area contributed by atoms with Crippen LogP contribution in [0.1, 0.15) is 0 Å². The zero-order valence-corrected chi connectivity index (χ0v) is 11.6. The number of hydrogen-bond donors (Lipinski definition) is 1. The van der Waals surface area contributed by atoms with E-state index in [4.69, 9.17) is 10.5 Å². The fraction of sp³-hybridized carbons (Fsp3) is 0.182. The first-order valence-corrected chi connectivity index (χ1v) is 6.88. The van der Waals surface area contributed by atoms with Crippen molar-refractivity contribution in [2.75, 3.05) is 19.1 Å². The number of pyridine rings is 1. The van der Waals surface area contributed by atoms with Gasteiger partial charge in [-0.2, -0.15) is 19.5 Å². The highest BCUT2D eigenvalue weighted by molar-refractivity contribution is 7.98. The second-order valence-electron chi connectivity index (χ2n) is 3.80. The van der Waals surface area contributed by atoms with Crippen LogP contribution in [0.5, 0.6) is 5.75 Å². The van der Waals surface area contributed by atoms with E-state index in [2.05, 4.69) is 25.0 Å². The van der Waals surface area contributed by atoms with Crippen LogP contribution in [0.15, 0.2) is 23.5 Å². The molecule has 0 aromatic carbocycles. The van der Waals surface area contributed by atoms with Gasteiger partial charge in [-0.3, -0.25) is 4.98 Å². The second-order valence-corrected chi connectivity index (χ2v) is 4.57. The summed E-state index contributed by atoms with van der Waals surface area (Å²) >= 11 is 1.39. The first-order valence-electron chi connectivity index (χ1n) is 5.66. The molecule has 0 saturated heterocycles. The van der Waals surface area contributed by atoms with Crippen molar-refractivity contribution in [3.05, 3.63) is 18.3 Å². The molecule has 9 heteroatoms. The van der Waals surface area contributed by atoms with Crippen LogP contribution in [0.3, 0.4) is 0 Å². The number of nitrogens with zero attached hydrogens (tertiary/aromatic N) is 6. The van der Waals surface area contributed by atoms with Gasteiger partial charge in [0.05, 0.1) is 7.11 Å². The molecule has 0 bridgehead atoms. The Hall–Kier alpha value is -2.42. The van der Waals surface area contributed by atoms with Crippen LogP contribution in [-0.4, -0.2) is 42.9 Å². The van der Waals surface area contributed by atoms with Crippen molar-refractivity contribution in [2.45, 2.75) is 5.16 Å². The molecule has 0 radical (unpaired) electrons. The lowest BCUT2D eigenvalue weighted by Gasteiger charge is -1.99. The number of aromatic nitrogens is 6. The monoisotopic (exact) mass is 289 g/mol. The van der Waals surface area contributed by atoms with Crippen LogP contribution in [0.2, 0.25) is 0 Å². The Bertz CT molecular complexity index is 773. The van der Waals surface area contributed by atoms with E-state index in [1.807, 2.05) is 6.26 Å². The minimum atomic E-state index is 0.237. The number of thioether (sulfide) groups is 1. The number of methoxy groups -OCH3 is 1. The summed E-state index contributed by atoms with van der Waals surface area (Å²) < 4.78 is 6.54. The number of nitrogen functional groups attached to an aromatic ring is 1. The average molecular weight is 289 g/mol. The molecule has 0 spiro atoms. The molecular formula is C11H11N7OS. The van der Waals surface area contributed by atoms with E-state index >= 15 is 0 Å². The zero-order chi connectivity index (χ0) is 14.1. The van der Waals surface area contributed by atoms with Crippen LogP contribution < -0.4 is 10.5 Å². The number of nitrogens with two attached hydrogens (primary N) is 1. The van der Waals surface area contributed by atoms with Gasteiger partial charge in [0.15, 0.2) is 5.16 Å². The molecule has 3 aromatic heterocycles. The summed E-state index contributed by atoms with van der Waals surface area (Å²) in [6.45, 7) is 0. The van der Waals surface area contributed by atoms with Gasteiger partial charge in [0.2, 0.25) is 11.8 Å². The molecule has 2 N–H and O–H groups in total. The van der Waals surface area contributed by atoms with Gasteiger partial charge in [-0.25, -0.2) is 0 Å². The molecule has 0 saturated carbocycles. The summed E-state index contributed by atoms with van der Waals surface area (Å²) in [5, 5.41) is 4.81. The van der Waals surface area contributed by atoms with Gasteiger partial charge in [0.25, 0.3) is 5.78 Å². The predicted octanol–water partition coefficient (Wildman–Crippen LogP) is 0.894. The minimum Gasteiger partial charge on any atom is -0.497 e. The largest absolute Gasteiger partial charge is 0.497 e. The highest BCUT2D eigenvalue weighted by Crippen LogP contribution is 2.20. The lowest BCUT2D eigenvalue weighted by Crippen LogP contribution is -2.04. The van der Waals surface area contributed by atoms with Crippen molar-refractivity contribution in [3.63, 3.8) is 0 Å². The number of anilines is 1. The van der Waals surface area contributed by atoms with Gasteiger partial charge in [-0.05, 0) is 12.3 Å². The summed E-state index contributed by atoms with van der Waals surface area (Å²) in [7, 11) is 1.59. The molecule has 0 aliphatic carbocycles. The Balaban J connectivity index is 2.14. The third-order valence-corrected chi connectivity index (χ3v) is 3.14. The van der Waals surface area contributed by atoms with Crippen molar-refractivity contribution >= 4 is 23.5 Å². The molecule has 102 valence electrons. The fourth-order valence-corrected chi connectivity index (χ4v) is 2.00. The van der Waals surface area contributed by atoms with Crippen LogP contribution in [0, 0.1) is 0 Å². The molecule has 20 heavy (non-hydrogen) atoms. The summed E-state index contributed by atoms with van der Waals surface area (Å²) in [6, 6.07) is 3.49. The van der Waals surface area contributed by atoms with E-state index < -0.39 is 0 Å². The predicted molar refractivity (Wildman–Crippen MR) is 74.6 cm³/mol. The van der Waals surface area contributed by atoms with Gasteiger partial charge in [0, 0.05) is 12.3 Å². The summed E-state index contributed by atoms with van der Waals surface area (Å²) in [5.41, 5.74) is 6.41. The highest BCUT2D eigenvalue weighted by Gasteiger charge is 2.13. The maximum atomic E-state index is 5.83.